The standard InChI is InChI=1S/C9H8F2O/c10-7-5-6-3-1-2-4-8(6)12-9(7)11/h1-4,7,9H,5H2. The topological polar surface area (TPSA) is 9.23 Å². The third-order valence-corrected chi connectivity index (χ3v) is 1.91. The van der Waals surface area contributed by atoms with E-state index in [0.29, 0.717) is 5.75 Å². The van der Waals surface area contributed by atoms with Gasteiger partial charge in [-0.25, -0.2) is 4.39 Å². The summed E-state index contributed by atoms with van der Waals surface area (Å²) in [7, 11) is 0. The Bertz CT molecular complexity index is 259. The lowest BCUT2D eigenvalue weighted by Gasteiger charge is -2.23. The summed E-state index contributed by atoms with van der Waals surface area (Å²) in [5.74, 6) is 0.457. The number of ether oxygens (including phenoxy) is 1. The molecule has 0 aromatic heterocycles. The van der Waals surface area contributed by atoms with Gasteiger partial charge in [0.2, 0.25) is 0 Å². The quantitative estimate of drug-likeness (QED) is 0.580. The second-order valence-electron chi connectivity index (χ2n) is 2.80. The van der Waals surface area contributed by atoms with Crippen molar-refractivity contribution in [3.05, 3.63) is 29.8 Å². The number of halogens is 2. The molecule has 2 atom stereocenters. The fourth-order valence-corrected chi connectivity index (χ4v) is 1.29. The van der Waals surface area contributed by atoms with E-state index in [1.807, 2.05) is 0 Å². The number of rotatable bonds is 0. The average molecular weight is 170 g/mol. The van der Waals surface area contributed by atoms with E-state index in [4.69, 9.17) is 4.74 Å². The summed E-state index contributed by atoms with van der Waals surface area (Å²) in [5.41, 5.74) is 0.735. The normalized spacial score (nSPS) is 27.5. The maximum Gasteiger partial charge on any atom is 0.269 e. The molecule has 2 unspecified atom stereocenters. The summed E-state index contributed by atoms with van der Waals surface area (Å²) in [5, 5.41) is 0. The molecule has 0 radical (unpaired) electrons. The van der Waals surface area contributed by atoms with Crippen LogP contribution in [0.3, 0.4) is 0 Å². The number of hydrogen-bond acceptors (Lipinski definition) is 1. The van der Waals surface area contributed by atoms with E-state index in [0.717, 1.165) is 5.56 Å². The highest BCUT2D eigenvalue weighted by atomic mass is 19.2. The number of para-hydroxylation sites is 1. The van der Waals surface area contributed by atoms with Crippen molar-refractivity contribution in [1.82, 2.24) is 0 Å². The van der Waals surface area contributed by atoms with Gasteiger partial charge in [-0.2, -0.15) is 4.39 Å². The maximum atomic E-state index is 12.8. The highest BCUT2D eigenvalue weighted by molar-refractivity contribution is 5.35. The van der Waals surface area contributed by atoms with Crippen molar-refractivity contribution in [1.29, 1.82) is 0 Å². The minimum Gasteiger partial charge on any atom is -0.457 e. The maximum absolute atomic E-state index is 12.8. The fraction of sp³-hybridized carbons (Fsp3) is 0.333. The molecular weight excluding hydrogens is 162 g/mol. The van der Waals surface area contributed by atoms with E-state index < -0.39 is 12.5 Å². The zero-order chi connectivity index (χ0) is 8.55. The highest BCUT2D eigenvalue weighted by Gasteiger charge is 2.28. The predicted octanol–water partition coefficient (Wildman–Crippen LogP) is 2.26. The monoisotopic (exact) mass is 170 g/mol. The van der Waals surface area contributed by atoms with Gasteiger partial charge in [0, 0.05) is 6.42 Å². The number of benzene rings is 1. The van der Waals surface area contributed by atoms with E-state index >= 15 is 0 Å². The summed E-state index contributed by atoms with van der Waals surface area (Å²) >= 11 is 0. The number of fused-ring (bicyclic) bond motifs is 1. The summed E-state index contributed by atoms with van der Waals surface area (Å²) < 4.78 is 30.1. The fourth-order valence-electron chi connectivity index (χ4n) is 1.29. The van der Waals surface area contributed by atoms with E-state index in [2.05, 4.69) is 0 Å². The van der Waals surface area contributed by atoms with Crippen molar-refractivity contribution >= 4 is 0 Å². The van der Waals surface area contributed by atoms with Crippen molar-refractivity contribution in [3.63, 3.8) is 0 Å². The molecule has 0 spiro atoms. The van der Waals surface area contributed by atoms with Gasteiger partial charge in [0.05, 0.1) is 0 Å². The molecule has 0 bridgehead atoms. The molecule has 1 aromatic carbocycles. The first-order valence-electron chi connectivity index (χ1n) is 3.80. The summed E-state index contributed by atoms with van der Waals surface area (Å²) in [6, 6.07) is 6.92. The zero-order valence-electron chi connectivity index (χ0n) is 6.34. The van der Waals surface area contributed by atoms with Crippen LogP contribution in [0.1, 0.15) is 5.56 Å². The molecule has 0 N–H and O–H groups in total. The van der Waals surface area contributed by atoms with Crippen molar-refractivity contribution in [3.8, 4) is 5.75 Å². The van der Waals surface area contributed by atoms with Crippen molar-refractivity contribution in [2.75, 3.05) is 0 Å². The van der Waals surface area contributed by atoms with Gasteiger partial charge in [-0.3, -0.25) is 0 Å². The molecule has 0 aliphatic carbocycles. The third kappa shape index (κ3) is 1.15. The second-order valence-corrected chi connectivity index (χ2v) is 2.80. The van der Waals surface area contributed by atoms with Crippen molar-refractivity contribution in [2.45, 2.75) is 19.0 Å². The largest absolute Gasteiger partial charge is 0.457 e. The van der Waals surface area contributed by atoms with Gasteiger partial charge in [0.15, 0.2) is 6.17 Å². The third-order valence-electron chi connectivity index (χ3n) is 1.91. The first-order valence-corrected chi connectivity index (χ1v) is 3.80. The first-order chi connectivity index (χ1) is 5.77. The van der Waals surface area contributed by atoms with Crippen LogP contribution in [0.5, 0.6) is 5.75 Å². The van der Waals surface area contributed by atoms with E-state index in [1.54, 1.807) is 24.3 Å². The molecule has 1 nitrogen and oxygen atoms in total. The lowest BCUT2D eigenvalue weighted by molar-refractivity contribution is -0.0182. The summed E-state index contributed by atoms with van der Waals surface area (Å²) in [6.45, 7) is 0. The molecule has 0 fully saturated rings. The molecule has 1 aromatic rings. The van der Waals surface area contributed by atoms with Crippen LogP contribution in [-0.2, 0) is 6.42 Å². The van der Waals surface area contributed by atoms with Gasteiger partial charge in [-0.15, -0.1) is 0 Å². The van der Waals surface area contributed by atoms with Crippen LogP contribution >= 0.6 is 0 Å². The molecule has 1 aliphatic rings. The van der Waals surface area contributed by atoms with Crippen molar-refractivity contribution in [2.24, 2.45) is 0 Å². The molecule has 3 heteroatoms. The Kier molecular flexibility index (Phi) is 1.71. The lowest BCUT2D eigenvalue weighted by atomic mass is 10.1. The Morgan fingerprint density at radius 1 is 1.25 bits per heavy atom. The van der Waals surface area contributed by atoms with Crippen LogP contribution in [-0.4, -0.2) is 12.5 Å². The first kappa shape index (κ1) is 7.53. The average Bonchev–Trinajstić information content (AvgIpc) is 2.07. The Morgan fingerprint density at radius 3 is 2.83 bits per heavy atom. The molecule has 0 amide bonds. The van der Waals surface area contributed by atoms with Gasteiger partial charge < -0.3 is 4.74 Å². The Morgan fingerprint density at radius 2 is 2.00 bits per heavy atom. The minimum atomic E-state index is -1.81. The van der Waals surface area contributed by atoms with Crippen LogP contribution in [0.2, 0.25) is 0 Å². The molecule has 1 heterocycles. The summed E-state index contributed by atoms with van der Waals surface area (Å²) in [4.78, 5) is 0. The Labute approximate surface area is 69.0 Å². The minimum absolute atomic E-state index is 0.108. The molecule has 0 saturated carbocycles. The molecule has 12 heavy (non-hydrogen) atoms. The zero-order valence-corrected chi connectivity index (χ0v) is 6.34. The smallest absolute Gasteiger partial charge is 0.269 e. The van der Waals surface area contributed by atoms with Crippen LogP contribution in [0.15, 0.2) is 24.3 Å². The number of hydrogen-bond donors (Lipinski definition) is 0. The summed E-state index contributed by atoms with van der Waals surface area (Å²) in [6.07, 6.45) is -3.23. The van der Waals surface area contributed by atoms with Gasteiger partial charge >= 0.3 is 0 Å². The molecule has 1 aliphatic heterocycles. The SMILES string of the molecule is FC1Cc2ccccc2OC1F. The van der Waals surface area contributed by atoms with E-state index in [1.165, 1.54) is 0 Å². The highest BCUT2D eigenvalue weighted by Crippen LogP contribution is 2.28. The molecular formula is C9H8F2O. The lowest BCUT2D eigenvalue weighted by Crippen LogP contribution is -2.30. The Hall–Kier alpha value is -1.12. The predicted molar refractivity (Wildman–Crippen MR) is 40.6 cm³/mol. The van der Waals surface area contributed by atoms with Crippen LogP contribution in [0.25, 0.3) is 0 Å². The van der Waals surface area contributed by atoms with Crippen molar-refractivity contribution < 1.29 is 13.5 Å². The van der Waals surface area contributed by atoms with Gasteiger partial charge in [0.1, 0.15) is 5.75 Å². The second kappa shape index (κ2) is 2.73. The van der Waals surface area contributed by atoms with Gasteiger partial charge in [-0.05, 0) is 11.6 Å². The van der Waals surface area contributed by atoms with E-state index in [-0.39, 0.29) is 6.42 Å². The molecule has 64 valence electrons. The van der Waals surface area contributed by atoms with E-state index in [9.17, 15) is 8.78 Å². The number of alkyl halides is 2. The van der Waals surface area contributed by atoms with Gasteiger partial charge in [-0.1, -0.05) is 18.2 Å². The molecule has 0 saturated heterocycles. The Balaban J connectivity index is 2.34. The van der Waals surface area contributed by atoms with Crippen LogP contribution < -0.4 is 4.74 Å². The van der Waals surface area contributed by atoms with Crippen LogP contribution in [0, 0.1) is 0 Å². The van der Waals surface area contributed by atoms with Gasteiger partial charge in [0.25, 0.3) is 6.36 Å². The van der Waals surface area contributed by atoms with Crippen LogP contribution in [0.4, 0.5) is 8.78 Å². The molecule has 2 rings (SSSR count).